The zero-order valence-electron chi connectivity index (χ0n) is 12.8. The first-order valence-corrected chi connectivity index (χ1v) is 7.42. The van der Waals surface area contributed by atoms with E-state index in [-0.39, 0.29) is 10.6 Å². The molecular weight excluding hydrogens is 282 g/mol. The molecule has 0 amide bonds. The van der Waals surface area contributed by atoms with Crippen molar-refractivity contribution < 1.29 is 4.92 Å². The largest absolute Gasteiger partial charge is 0.352 e. The molecule has 0 saturated carbocycles. The molecule has 1 fully saturated rings. The number of anilines is 1. The van der Waals surface area contributed by atoms with Crippen molar-refractivity contribution in [3.63, 3.8) is 0 Å². The second-order valence-electron chi connectivity index (χ2n) is 5.65. The van der Waals surface area contributed by atoms with E-state index in [2.05, 4.69) is 19.4 Å². The Morgan fingerprint density at radius 3 is 2.86 bits per heavy atom. The summed E-state index contributed by atoms with van der Waals surface area (Å²) >= 11 is 0. The quantitative estimate of drug-likeness (QED) is 0.640. The molecule has 22 heavy (non-hydrogen) atoms. The minimum Gasteiger partial charge on any atom is -0.352 e. The van der Waals surface area contributed by atoms with Crippen LogP contribution < -0.4 is 4.90 Å². The second kappa shape index (κ2) is 5.75. The number of pyridine rings is 1. The van der Waals surface area contributed by atoms with E-state index in [1.807, 2.05) is 19.3 Å². The smallest absolute Gasteiger partial charge is 0.290 e. The Morgan fingerprint density at radius 2 is 2.23 bits per heavy atom. The molecule has 0 spiro atoms. The van der Waals surface area contributed by atoms with Crippen molar-refractivity contribution in [2.75, 3.05) is 11.4 Å². The minimum absolute atomic E-state index is 0.0740. The molecule has 0 aromatic carbocycles. The summed E-state index contributed by atoms with van der Waals surface area (Å²) in [5, 5.41) is 10.9. The zero-order valence-corrected chi connectivity index (χ0v) is 12.8. The highest BCUT2D eigenvalue weighted by Gasteiger charge is 2.27. The van der Waals surface area contributed by atoms with Crippen LogP contribution in [0.15, 0.2) is 24.5 Å². The monoisotopic (exact) mass is 301 g/mol. The van der Waals surface area contributed by atoms with Gasteiger partial charge in [0, 0.05) is 37.6 Å². The fraction of sp³-hybridized carbons (Fsp3) is 0.467. The van der Waals surface area contributed by atoms with E-state index >= 15 is 0 Å². The van der Waals surface area contributed by atoms with Crippen LogP contribution in [0.4, 0.5) is 11.5 Å². The maximum Gasteiger partial charge on any atom is 0.290 e. The number of hydrogen-bond donors (Lipinski definition) is 0. The van der Waals surface area contributed by atoms with Gasteiger partial charge in [-0.15, -0.1) is 0 Å². The summed E-state index contributed by atoms with van der Waals surface area (Å²) in [4.78, 5) is 21.5. The van der Waals surface area contributed by atoms with Gasteiger partial charge in [-0.2, -0.15) is 0 Å². The maximum atomic E-state index is 10.9. The fourth-order valence-electron chi connectivity index (χ4n) is 3.04. The molecule has 7 nitrogen and oxygen atoms in total. The Balaban J connectivity index is 1.82. The molecule has 0 bridgehead atoms. The van der Waals surface area contributed by atoms with E-state index in [9.17, 15) is 10.1 Å². The van der Waals surface area contributed by atoms with Gasteiger partial charge in [-0.25, -0.2) is 9.97 Å². The number of hydrogen-bond acceptors (Lipinski definition) is 5. The van der Waals surface area contributed by atoms with Gasteiger partial charge in [0.05, 0.1) is 4.92 Å². The molecule has 2 aromatic heterocycles. The zero-order chi connectivity index (χ0) is 15.7. The minimum atomic E-state index is -0.386. The van der Waals surface area contributed by atoms with Crippen molar-refractivity contribution in [2.45, 2.75) is 39.3 Å². The number of imidazole rings is 1. The highest BCUT2D eigenvalue weighted by atomic mass is 16.6. The van der Waals surface area contributed by atoms with Crippen molar-refractivity contribution in [1.29, 1.82) is 0 Å². The summed E-state index contributed by atoms with van der Waals surface area (Å²) in [5.74, 6) is 1.82. The van der Waals surface area contributed by atoms with Gasteiger partial charge < -0.3 is 9.47 Å². The molecule has 0 radical (unpaired) electrons. The van der Waals surface area contributed by atoms with Crippen LogP contribution in [0, 0.1) is 24.0 Å². The van der Waals surface area contributed by atoms with E-state index in [1.165, 1.54) is 0 Å². The average Bonchev–Trinajstić information content (AvgIpc) is 3.09. The van der Waals surface area contributed by atoms with Crippen LogP contribution in [0.3, 0.4) is 0 Å². The first-order valence-electron chi connectivity index (χ1n) is 7.42. The number of nitrogens with zero attached hydrogens (tertiary/aromatic N) is 5. The lowest BCUT2D eigenvalue weighted by atomic mass is 10.2. The van der Waals surface area contributed by atoms with E-state index in [4.69, 9.17) is 0 Å². The Kier molecular flexibility index (Phi) is 3.79. The maximum absolute atomic E-state index is 10.9. The van der Waals surface area contributed by atoms with Gasteiger partial charge >= 0.3 is 0 Å². The van der Waals surface area contributed by atoms with Crippen LogP contribution in [0.5, 0.6) is 0 Å². The standard InChI is InChI=1S/C15H19N5O2/c1-11-14(20(21)22)5-6-15(17-11)19-8-3-4-13(19)10-18-9-7-16-12(18)2/h5-7,9,13H,3-4,8,10H2,1-2H3/t13-/m0/s1. The summed E-state index contributed by atoms with van der Waals surface area (Å²) in [7, 11) is 0. The molecule has 116 valence electrons. The predicted molar refractivity (Wildman–Crippen MR) is 83.0 cm³/mol. The van der Waals surface area contributed by atoms with Gasteiger partial charge in [-0.05, 0) is 32.8 Å². The Morgan fingerprint density at radius 1 is 1.41 bits per heavy atom. The highest BCUT2D eigenvalue weighted by Crippen LogP contribution is 2.27. The van der Waals surface area contributed by atoms with Gasteiger partial charge in [-0.3, -0.25) is 10.1 Å². The lowest BCUT2D eigenvalue weighted by Gasteiger charge is -2.26. The normalized spacial score (nSPS) is 17.9. The van der Waals surface area contributed by atoms with Crippen molar-refractivity contribution in [3.8, 4) is 0 Å². The van der Waals surface area contributed by atoms with E-state index in [1.54, 1.807) is 19.1 Å². The van der Waals surface area contributed by atoms with Crippen molar-refractivity contribution in [3.05, 3.63) is 46.2 Å². The number of nitro groups is 1. The molecule has 0 N–H and O–H groups in total. The Hall–Kier alpha value is -2.44. The summed E-state index contributed by atoms with van der Waals surface area (Å²) < 4.78 is 2.14. The molecule has 1 aliphatic rings. The number of aryl methyl sites for hydroxylation is 2. The van der Waals surface area contributed by atoms with Crippen LogP contribution in [0.2, 0.25) is 0 Å². The van der Waals surface area contributed by atoms with Crippen LogP contribution in [-0.2, 0) is 6.54 Å². The first kappa shape index (κ1) is 14.5. The molecule has 7 heteroatoms. The average molecular weight is 301 g/mol. The van der Waals surface area contributed by atoms with Gasteiger partial charge in [0.2, 0.25) is 0 Å². The molecule has 2 aromatic rings. The summed E-state index contributed by atoms with van der Waals surface area (Å²) in [6.45, 7) is 5.48. The third-order valence-electron chi connectivity index (χ3n) is 4.24. The lowest BCUT2D eigenvalue weighted by Crippen LogP contribution is -2.33. The molecule has 1 atom stereocenters. The molecule has 3 rings (SSSR count). The van der Waals surface area contributed by atoms with E-state index < -0.39 is 0 Å². The molecular formula is C15H19N5O2. The highest BCUT2D eigenvalue weighted by molar-refractivity contribution is 5.48. The first-order chi connectivity index (χ1) is 10.6. The van der Waals surface area contributed by atoms with Crippen LogP contribution in [-0.4, -0.2) is 32.0 Å². The van der Waals surface area contributed by atoms with Gasteiger partial charge in [0.25, 0.3) is 5.69 Å². The molecule has 0 aliphatic carbocycles. The third-order valence-corrected chi connectivity index (χ3v) is 4.24. The van der Waals surface area contributed by atoms with Crippen molar-refractivity contribution in [1.82, 2.24) is 14.5 Å². The Labute approximate surface area is 128 Å². The SMILES string of the molecule is Cc1nc(N2CCC[C@H]2Cn2ccnc2C)ccc1[N+](=O)[O-]. The fourth-order valence-corrected chi connectivity index (χ4v) is 3.04. The topological polar surface area (TPSA) is 77.1 Å². The van der Waals surface area contributed by atoms with E-state index in [0.717, 1.165) is 37.6 Å². The molecule has 1 saturated heterocycles. The molecule has 1 aliphatic heterocycles. The summed E-state index contributed by atoms with van der Waals surface area (Å²) in [6.07, 6.45) is 5.99. The molecule has 3 heterocycles. The van der Waals surface area contributed by atoms with Crippen LogP contribution in [0.1, 0.15) is 24.4 Å². The van der Waals surface area contributed by atoms with Gasteiger partial charge in [-0.1, -0.05) is 0 Å². The summed E-state index contributed by atoms with van der Waals surface area (Å²) in [6, 6.07) is 3.65. The number of aromatic nitrogens is 3. The van der Waals surface area contributed by atoms with Crippen molar-refractivity contribution in [2.24, 2.45) is 0 Å². The Bertz CT molecular complexity index is 697. The van der Waals surface area contributed by atoms with Gasteiger partial charge in [0.1, 0.15) is 17.3 Å². The van der Waals surface area contributed by atoms with Gasteiger partial charge in [0.15, 0.2) is 0 Å². The van der Waals surface area contributed by atoms with E-state index in [0.29, 0.717) is 11.7 Å². The van der Waals surface area contributed by atoms with Crippen LogP contribution in [0.25, 0.3) is 0 Å². The third kappa shape index (κ3) is 2.66. The second-order valence-corrected chi connectivity index (χ2v) is 5.65. The summed E-state index contributed by atoms with van der Waals surface area (Å²) in [5.41, 5.74) is 0.539. The molecule has 0 unspecified atom stereocenters. The predicted octanol–water partition coefficient (Wildman–Crippen LogP) is 2.47. The lowest BCUT2D eigenvalue weighted by molar-refractivity contribution is -0.385. The van der Waals surface area contributed by atoms with Crippen LogP contribution >= 0.6 is 0 Å². The van der Waals surface area contributed by atoms with Crippen molar-refractivity contribution >= 4 is 11.5 Å². The number of rotatable bonds is 4.